The number of nitrogens with one attached hydrogen (secondary N) is 1. The van der Waals surface area contributed by atoms with Crippen molar-refractivity contribution in [2.24, 2.45) is 0 Å². The Kier molecular flexibility index (Phi) is 5.04. The number of amides is 1. The second-order valence-electron chi connectivity index (χ2n) is 7.58. The summed E-state index contributed by atoms with van der Waals surface area (Å²) in [5.41, 5.74) is 0. The zero-order chi connectivity index (χ0) is 20.3. The number of ether oxygens (including phenoxy) is 3. The third kappa shape index (κ3) is 4.12. The number of imidazole rings is 1. The van der Waals surface area contributed by atoms with E-state index in [1.54, 1.807) is 18.6 Å². The van der Waals surface area contributed by atoms with Crippen LogP contribution in [0.1, 0.15) is 42.0 Å². The lowest BCUT2D eigenvalue weighted by Gasteiger charge is -2.29. The maximum absolute atomic E-state index is 12.5. The minimum absolute atomic E-state index is 0.122. The van der Waals surface area contributed by atoms with Gasteiger partial charge < -0.3 is 28.5 Å². The largest absolute Gasteiger partial charge is 0.490 e. The van der Waals surface area contributed by atoms with Crippen molar-refractivity contribution in [2.45, 2.75) is 44.4 Å². The smallest absolute Gasteiger partial charge is 0.287 e. The molecule has 0 bridgehead atoms. The molecule has 1 N–H and O–H groups in total. The van der Waals surface area contributed by atoms with Gasteiger partial charge in [0.1, 0.15) is 11.5 Å². The first-order valence-electron chi connectivity index (χ1n) is 10.1. The summed E-state index contributed by atoms with van der Waals surface area (Å²) >= 11 is 0. The third-order valence-electron chi connectivity index (χ3n) is 5.44. The second kappa shape index (κ2) is 8.14. The Morgan fingerprint density at radius 3 is 2.83 bits per heavy atom. The molecule has 0 unspecified atom stereocenters. The van der Waals surface area contributed by atoms with Crippen LogP contribution in [0.4, 0.5) is 0 Å². The van der Waals surface area contributed by atoms with Crippen LogP contribution in [-0.2, 0) is 6.54 Å². The van der Waals surface area contributed by atoms with E-state index in [0.717, 1.165) is 48.7 Å². The summed E-state index contributed by atoms with van der Waals surface area (Å²) in [7, 11) is 0. The van der Waals surface area contributed by atoms with Gasteiger partial charge >= 0.3 is 0 Å². The quantitative estimate of drug-likeness (QED) is 0.672. The van der Waals surface area contributed by atoms with Crippen molar-refractivity contribution in [1.82, 2.24) is 14.9 Å². The van der Waals surface area contributed by atoms with Crippen LogP contribution in [0.2, 0.25) is 0 Å². The number of carbonyl (C=O) groups excluding carboxylic acids is 1. The zero-order valence-corrected chi connectivity index (χ0v) is 16.5. The number of hydrogen-bond donors (Lipinski definition) is 1. The van der Waals surface area contributed by atoms with E-state index in [-0.39, 0.29) is 24.8 Å². The monoisotopic (exact) mass is 409 g/mol. The Morgan fingerprint density at radius 1 is 1.13 bits per heavy atom. The zero-order valence-electron chi connectivity index (χ0n) is 16.5. The number of nitrogens with zero attached hydrogens (tertiary/aromatic N) is 2. The summed E-state index contributed by atoms with van der Waals surface area (Å²) in [5, 5.41) is 3.08. The van der Waals surface area contributed by atoms with Crippen molar-refractivity contribution in [3.05, 3.63) is 60.6 Å². The minimum Gasteiger partial charge on any atom is -0.490 e. The molecule has 1 fully saturated rings. The molecule has 3 heterocycles. The summed E-state index contributed by atoms with van der Waals surface area (Å²) < 4.78 is 24.4. The van der Waals surface area contributed by atoms with Crippen LogP contribution >= 0.6 is 0 Å². The first-order valence-corrected chi connectivity index (χ1v) is 10.1. The van der Waals surface area contributed by atoms with Gasteiger partial charge in [-0.05, 0) is 49.9 Å². The first kappa shape index (κ1) is 18.6. The van der Waals surface area contributed by atoms with E-state index in [1.807, 2.05) is 35.0 Å². The number of fused-ring (bicyclic) bond motifs is 1. The van der Waals surface area contributed by atoms with Gasteiger partial charge in [-0.1, -0.05) is 0 Å². The third-order valence-corrected chi connectivity index (χ3v) is 5.44. The average Bonchev–Trinajstić information content (AvgIpc) is 3.51. The van der Waals surface area contributed by atoms with Crippen molar-refractivity contribution in [3.63, 3.8) is 0 Å². The molecule has 8 nitrogen and oxygen atoms in total. The lowest BCUT2D eigenvalue weighted by Crippen LogP contribution is -2.39. The summed E-state index contributed by atoms with van der Waals surface area (Å²) in [6, 6.07) is 9.31. The van der Waals surface area contributed by atoms with Crippen LogP contribution in [0.5, 0.6) is 17.2 Å². The van der Waals surface area contributed by atoms with Gasteiger partial charge in [-0.2, -0.15) is 0 Å². The van der Waals surface area contributed by atoms with Crippen LogP contribution in [0.3, 0.4) is 0 Å². The van der Waals surface area contributed by atoms with E-state index in [2.05, 4.69) is 10.3 Å². The van der Waals surface area contributed by atoms with Gasteiger partial charge in [0, 0.05) is 24.5 Å². The summed E-state index contributed by atoms with van der Waals surface area (Å²) in [4.78, 5) is 16.5. The summed E-state index contributed by atoms with van der Waals surface area (Å²) in [5.74, 6) is 3.14. The fraction of sp³-hybridized carbons (Fsp3) is 0.364. The highest BCUT2D eigenvalue weighted by Gasteiger charge is 2.25. The van der Waals surface area contributed by atoms with Crippen molar-refractivity contribution in [3.8, 4) is 17.2 Å². The van der Waals surface area contributed by atoms with E-state index >= 15 is 0 Å². The molecule has 8 heteroatoms. The number of rotatable bonds is 6. The van der Waals surface area contributed by atoms with Crippen LogP contribution in [0, 0.1) is 0 Å². The number of aromatic nitrogens is 2. The molecule has 0 radical (unpaired) electrons. The standard InChI is InChI=1S/C22H23N3O5/c26-22(20-8-6-18(30-20)12-25-10-9-23-13-25)24-15-1-3-16(4-2-15)29-17-5-7-19-21(11-17)28-14-27-19/h5-11,13,15-16H,1-4,12,14H2,(H,24,26). The van der Waals surface area contributed by atoms with Crippen LogP contribution < -0.4 is 19.5 Å². The van der Waals surface area contributed by atoms with Gasteiger partial charge in [-0.25, -0.2) is 4.98 Å². The molecule has 0 atom stereocenters. The Hall–Kier alpha value is -3.42. The molecule has 3 aromatic rings. The molecule has 2 aliphatic rings. The van der Waals surface area contributed by atoms with E-state index in [1.165, 1.54) is 0 Å². The second-order valence-corrected chi connectivity index (χ2v) is 7.58. The molecule has 1 aliphatic carbocycles. The molecule has 0 spiro atoms. The SMILES string of the molecule is O=C(NC1CCC(Oc2ccc3c(c2)OCO3)CC1)c1ccc(Cn2ccnc2)o1. The van der Waals surface area contributed by atoms with Gasteiger partial charge in [0.05, 0.1) is 19.0 Å². The summed E-state index contributed by atoms with van der Waals surface area (Å²) in [6.07, 6.45) is 8.89. The molecule has 1 aliphatic heterocycles. The van der Waals surface area contributed by atoms with Gasteiger partial charge in [-0.3, -0.25) is 4.79 Å². The number of benzene rings is 1. The highest BCUT2D eigenvalue weighted by atomic mass is 16.7. The van der Waals surface area contributed by atoms with Crippen molar-refractivity contribution < 1.29 is 23.4 Å². The van der Waals surface area contributed by atoms with E-state index in [4.69, 9.17) is 18.6 Å². The van der Waals surface area contributed by atoms with Crippen LogP contribution in [0.25, 0.3) is 0 Å². The van der Waals surface area contributed by atoms with Crippen molar-refractivity contribution >= 4 is 5.91 Å². The lowest BCUT2D eigenvalue weighted by molar-refractivity contribution is 0.0865. The molecule has 5 rings (SSSR count). The molecule has 0 saturated heterocycles. The molecular formula is C22H23N3O5. The molecule has 30 heavy (non-hydrogen) atoms. The van der Waals surface area contributed by atoms with E-state index < -0.39 is 0 Å². The van der Waals surface area contributed by atoms with Gasteiger partial charge in [0.2, 0.25) is 6.79 Å². The molecule has 1 amide bonds. The molecule has 1 aromatic carbocycles. The predicted octanol–water partition coefficient (Wildman–Crippen LogP) is 3.37. The number of furan rings is 1. The normalized spacial score (nSPS) is 20.1. The van der Waals surface area contributed by atoms with Crippen molar-refractivity contribution in [2.75, 3.05) is 6.79 Å². The number of hydrogen-bond acceptors (Lipinski definition) is 6. The van der Waals surface area contributed by atoms with Gasteiger partial charge in [-0.15, -0.1) is 0 Å². The fourth-order valence-electron chi connectivity index (χ4n) is 3.87. The molecule has 2 aromatic heterocycles. The van der Waals surface area contributed by atoms with Gasteiger partial charge in [0.15, 0.2) is 17.3 Å². The average molecular weight is 409 g/mol. The van der Waals surface area contributed by atoms with Crippen molar-refractivity contribution in [1.29, 1.82) is 0 Å². The minimum atomic E-state index is -0.174. The Morgan fingerprint density at radius 2 is 2.00 bits per heavy atom. The topological polar surface area (TPSA) is 87.8 Å². The van der Waals surface area contributed by atoms with Crippen LogP contribution in [0.15, 0.2) is 53.5 Å². The predicted molar refractivity (Wildman–Crippen MR) is 107 cm³/mol. The molecule has 156 valence electrons. The highest BCUT2D eigenvalue weighted by Crippen LogP contribution is 2.36. The van der Waals surface area contributed by atoms with E-state index in [9.17, 15) is 4.79 Å². The van der Waals surface area contributed by atoms with Gasteiger partial charge in [0.25, 0.3) is 5.91 Å². The Labute approximate surface area is 173 Å². The molecule has 1 saturated carbocycles. The first-order chi connectivity index (χ1) is 14.7. The Bertz CT molecular complexity index is 1010. The number of carbonyl (C=O) groups is 1. The van der Waals surface area contributed by atoms with E-state index in [0.29, 0.717) is 12.3 Å². The fourth-order valence-corrected chi connectivity index (χ4v) is 3.87. The maximum atomic E-state index is 12.5. The lowest BCUT2D eigenvalue weighted by atomic mass is 9.93. The Balaban J connectivity index is 1.10. The summed E-state index contributed by atoms with van der Waals surface area (Å²) in [6.45, 7) is 0.805. The highest BCUT2D eigenvalue weighted by molar-refractivity contribution is 5.91. The van der Waals surface area contributed by atoms with Crippen LogP contribution in [-0.4, -0.2) is 34.4 Å². The molecular weight excluding hydrogens is 386 g/mol. The maximum Gasteiger partial charge on any atom is 0.287 e.